The first kappa shape index (κ1) is 19.9. The molecule has 0 atom stereocenters. The Bertz CT molecular complexity index is 816. The van der Waals surface area contributed by atoms with E-state index in [1.54, 1.807) is 12.1 Å². The predicted octanol–water partition coefficient (Wildman–Crippen LogP) is 2.95. The zero-order chi connectivity index (χ0) is 19.0. The highest BCUT2D eigenvalue weighted by molar-refractivity contribution is 7.89. The molecule has 26 heavy (non-hydrogen) atoms. The number of carbonyl (C=O) groups is 1. The van der Waals surface area contributed by atoms with Crippen molar-refractivity contribution in [3.63, 3.8) is 0 Å². The molecule has 140 valence electrons. The maximum atomic E-state index is 12.2. The molecule has 0 radical (unpaired) electrons. The summed E-state index contributed by atoms with van der Waals surface area (Å²) in [5.74, 6) is 0.502. The van der Waals surface area contributed by atoms with Crippen LogP contribution >= 0.6 is 0 Å². The smallest absolute Gasteiger partial charge is 0.240 e. The molecule has 0 bridgehead atoms. The normalized spacial score (nSPS) is 11.2. The molecular weight excluding hydrogens is 352 g/mol. The summed E-state index contributed by atoms with van der Waals surface area (Å²) in [7, 11) is -3.62. The van der Waals surface area contributed by atoms with Gasteiger partial charge in [-0.05, 0) is 48.4 Å². The third kappa shape index (κ3) is 6.16. The van der Waals surface area contributed by atoms with Crippen molar-refractivity contribution < 1.29 is 17.9 Å². The largest absolute Gasteiger partial charge is 0.492 e. The maximum Gasteiger partial charge on any atom is 0.240 e. The van der Waals surface area contributed by atoms with Crippen molar-refractivity contribution in [2.75, 3.05) is 18.5 Å². The van der Waals surface area contributed by atoms with Crippen molar-refractivity contribution >= 4 is 21.6 Å². The van der Waals surface area contributed by atoms with Crippen LogP contribution < -0.4 is 14.8 Å². The standard InChI is InChI=1S/C19H24N2O4S/c1-3-4-16-5-9-18(10-6-16)25-14-13-20-26(23,24)19-11-7-17(8-12-19)21-15(2)22/h5-12,20H,3-4,13-14H2,1-2H3,(H,21,22). The molecule has 0 spiro atoms. The Balaban J connectivity index is 1.83. The highest BCUT2D eigenvalue weighted by atomic mass is 32.2. The van der Waals surface area contributed by atoms with Gasteiger partial charge in [0.1, 0.15) is 12.4 Å². The number of carbonyl (C=O) groups excluding carboxylic acids is 1. The summed E-state index contributed by atoms with van der Waals surface area (Å²) in [6, 6.07) is 13.8. The number of hydrogen-bond acceptors (Lipinski definition) is 4. The Hall–Kier alpha value is -2.38. The number of hydrogen-bond donors (Lipinski definition) is 2. The summed E-state index contributed by atoms with van der Waals surface area (Å²) >= 11 is 0. The van der Waals surface area contributed by atoms with Gasteiger partial charge in [-0.1, -0.05) is 25.5 Å². The van der Waals surface area contributed by atoms with Crippen LogP contribution in [0.25, 0.3) is 0 Å². The Morgan fingerprint density at radius 2 is 1.69 bits per heavy atom. The molecule has 0 saturated carbocycles. The third-order valence-corrected chi connectivity index (χ3v) is 5.09. The number of amides is 1. The van der Waals surface area contributed by atoms with Crippen LogP contribution in [0.4, 0.5) is 5.69 Å². The lowest BCUT2D eigenvalue weighted by Gasteiger charge is -2.10. The van der Waals surface area contributed by atoms with Gasteiger partial charge >= 0.3 is 0 Å². The number of rotatable bonds is 9. The third-order valence-electron chi connectivity index (χ3n) is 3.61. The molecule has 2 aromatic rings. The van der Waals surface area contributed by atoms with E-state index in [0.717, 1.165) is 12.8 Å². The van der Waals surface area contributed by atoms with Gasteiger partial charge in [-0.25, -0.2) is 13.1 Å². The van der Waals surface area contributed by atoms with Crippen LogP contribution in [0.5, 0.6) is 5.75 Å². The Kier molecular flexibility index (Phi) is 7.17. The van der Waals surface area contributed by atoms with Crippen LogP contribution in [0.1, 0.15) is 25.8 Å². The molecule has 0 unspecified atom stereocenters. The fourth-order valence-corrected chi connectivity index (χ4v) is 3.40. The van der Waals surface area contributed by atoms with Gasteiger partial charge in [-0.15, -0.1) is 0 Å². The lowest BCUT2D eigenvalue weighted by molar-refractivity contribution is -0.114. The molecule has 2 N–H and O–H groups in total. The molecule has 0 aliphatic carbocycles. The highest BCUT2D eigenvalue weighted by Crippen LogP contribution is 2.15. The number of aryl methyl sites for hydroxylation is 1. The van der Waals surface area contributed by atoms with E-state index in [4.69, 9.17) is 4.74 Å². The van der Waals surface area contributed by atoms with E-state index >= 15 is 0 Å². The topological polar surface area (TPSA) is 84.5 Å². The van der Waals surface area contributed by atoms with Crippen molar-refractivity contribution in [1.82, 2.24) is 4.72 Å². The molecule has 0 aromatic heterocycles. The number of benzene rings is 2. The summed E-state index contributed by atoms with van der Waals surface area (Å²) < 4.78 is 32.5. The monoisotopic (exact) mass is 376 g/mol. The molecule has 7 heteroatoms. The summed E-state index contributed by atoms with van der Waals surface area (Å²) in [6.07, 6.45) is 2.12. The highest BCUT2D eigenvalue weighted by Gasteiger charge is 2.13. The first-order chi connectivity index (χ1) is 12.4. The lowest BCUT2D eigenvalue weighted by atomic mass is 10.1. The van der Waals surface area contributed by atoms with Gasteiger partial charge in [0.15, 0.2) is 0 Å². The van der Waals surface area contributed by atoms with Crippen LogP contribution in [0, 0.1) is 0 Å². The van der Waals surface area contributed by atoms with Crippen LogP contribution in [-0.2, 0) is 21.2 Å². The Morgan fingerprint density at radius 1 is 1.04 bits per heavy atom. The van der Waals surface area contributed by atoms with Gasteiger partial charge in [0.05, 0.1) is 4.90 Å². The van der Waals surface area contributed by atoms with E-state index in [-0.39, 0.29) is 24.0 Å². The van der Waals surface area contributed by atoms with E-state index in [9.17, 15) is 13.2 Å². The van der Waals surface area contributed by atoms with Gasteiger partial charge in [0.25, 0.3) is 0 Å². The van der Waals surface area contributed by atoms with Gasteiger partial charge in [-0.3, -0.25) is 4.79 Å². The first-order valence-corrected chi connectivity index (χ1v) is 9.98. The Labute approximate surface area is 154 Å². The van der Waals surface area contributed by atoms with Crippen molar-refractivity contribution in [1.29, 1.82) is 0 Å². The molecular formula is C19H24N2O4S. The molecule has 0 saturated heterocycles. The molecule has 1 amide bonds. The van der Waals surface area contributed by atoms with Gasteiger partial charge in [0, 0.05) is 19.2 Å². The van der Waals surface area contributed by atoms with E-state index < -0.39 is 10.0 Å². The van der Waals surface area contributed by atoms with E-state index in [0.29, 0.717) is 11.4 Å². The Morgan fingerprint density at radius 3 is 2.27 bits per heavy atom. The fourth-order valence-electron chi connectivity index (χ4n) is 2.39. The van der Waals surface area contributed by atoms with Crippen molar-refractivity contribution in [3.8, 4) is 5.75 Å². The van der Waals surface area contributed by atoms with Gasteiger partial charge in [0.2, 0.25) is 15.9 Å². The average molecular weight is 376 g/mol. The summed E-state index contributed by atoms with van der Waals surface area (Å²) in [6.45, 7) is 3.91. The second kappa shape index (κ2) is 9.35. The summed E-state index contributed by atoms with van der Waals surface area (Å²) in [5.41, 5.74) is 1.80. The molecule has 0 fully saturated rings. The molecule has 2 rings (SSSR count). The molecule has 2 aromatic carbocycles. The quantitative estimate of drug-likeness (QED) is 0.659. The van der Waals surface area contributed by atoms with Crippen molar-refractivity contribution in [2.45, 2.75) is 31.6 Å². The number of nitrogens with one attached hydrogen (secondary N) is 2. The van der Waals surface area contributed by atoms with E-state index in [2.05, 4.69) is 17.0 Å². The van der Waals surface area contributed by atoms with Crippen LogP contribution in [0.3, 0.4) is 0 Å². The number of ether oxygens (including phenoxy) is 1. The minimum atomic E-state index is -3.62. The molecule has 6 nitrogen and oxygen atoms in total. The lowest BCUT2D eigenvalue weighted by Crippen LogP contribution is -2.28. The summed E-state index contributed by atoms with van der Waals surface area (Å²) in [4.78, 5) is 11.1. The van der Waals surface area contributed by atoms with Gasteiger partial charge in [-0.2, -0.15) is 0 Å². The minimum absolute atomic E-state index is 0.135. The van der Waals surface area contributed by atoms with E-state index in [1.165, 1.54) is 24.6 Å². The van der Waals surface area contributed by atoms with Crippen LogP contribution in [0.15, 0.2) is 53.4 Å². The second-order valence-electron chi connectivity index (χ2n) is 5.85. The van der Waals surface area contributed by atoms with Crippen molar-refractivity contribution in [2.24, 2.45) is 0 Å². The van der Waals surface area contributed by atoms with Crippen molar-refractivity contribution in [3.05, 3.63) is 54.1 Å². The SMILES string of the molecule is CCCc1ccc(OCCNS(=O)(=O)c2ccc(NC(C)=O)cc2)cc1. The molecule has 0 heterocycles. The number of sulfonamides is 1. The van der Waals surface area contributed by atoms with Gasteiger partial charge < -0.3 is 10.1 Å². The average Bonchev–Trinajstić information content (AvgIpc) is 2.60. The fraction of sp³-hybridized carbons (Fsp3) is 0.316. The molecule has 0 aliphatic rings. The predicted molar refractivity (Wildman–Crippen MR) is 102 cm³/mol. The van der Waals surface area contributed by atoms with E-state index in [1.807, 2.05) is 24.3 Å². The minimum Gasteiger partial charge on any atom is -0.492 e. The summed E-state index contributed by atoms with van der Waals surface area (Å²) in [5, 5.41) is 2.59. The first-order valence-electron chi connectivity index (χ1n) is 8.50. The maximum absolute atomic E-state index is 12.2. The van der Waals surface area contributed by atoms with Crippen LogP contribution in [0.2, 0.25) is 0 Å². The number of anilines is 1. The zero-order valence-corrected chi connectivity index (χ0v) is 15.8. The molecule has 0 aliphatic heterocycles. The zero-order valence-electron chi connectivity index (χ0n) is 15.0. The second-order valence-corrected chi connectivity index (χ2v) is 7.61. The van der Waals surface area contributed by atoms with Crippen LogP contribution in [-0.4, -0.2) is 27.5 Å².